The number of nitrogens with zero attached hydrogens (tertiary/aromatic N) is 11. The number of aryl methyl sites for hydroxylation is 2. The number of carbonyl (C=O) groups is 4. The van der Waals surface area contributed by atoms with Gasteiger partial charge in [0.15, 0.2) is 36.0 Å². The fraction of sp³-hybridized carbons (Fsp3) is 0.635. The van der Waals surface area contributed by atoms with Gasteiger partial charge in [0.1, 0.15) is 41.0 Å². The highest BCUT2D eigenvalue weighted by molar-refractivity contribution is 7.52. The van der Waals surface area contributed by atoms with E-state index in [-0.39, 0.29) is 54.2 Å². The van der Waals surface area contributed by atoms with E-state index >= 15 is 8.78 Å². The van der Waals surface area contributed by atoms with Crippen LogP contribution in [0, 0.1) is 6.92 Å². The van der Waals surface area contributed by atoms with E-state index in [4.69, 9.17) is 66.8 Å². The number of halogens is 2. The molecule has 5 heterocycles. The van der Waals surface area contributed by atoms with Crippen LogP contribution in [0.4, 0.5) is 18.4 Å². The quantitative estimate of drug-likeness (QED) is 0.00739. The summed E-state index contributed by atoms with van der Waals surface area (Å²) in [5.41, 5.74) is 12.4. The van der Waals surface area contributed by atoms with Gasteiger partial charge in [-0.2, -0.15) is 10.1 Å². The SMILES string of the molecule is CC(C)OC(=O)CCc1ccccc1OP(=O)(NC(C)C(=O)OC(C)C)OC[C@@]1(CN=[N+]=[N-])O[C@@H](n2ccc(=O)[nH]c2=O)[C@H](F)[C@@H]1O.CCOc1nc(C)nc2c1ncn2[C@@H]1O[C@](CN=[N+]=[N-])(COP(=O)(OCOC(=O)OC(C)C)OCOC(=O)OC(C)C)[C@@H](O)[C@H]1F. The second-order valence-corrected chi connectivity index (χ2v) is 24.6. The number of fused-ring (bicyclic) bond motifs is 1. The van der Waals surface area contributed by atoms with E-state index in [1.165, 1.54) is 23.9 Å². The number of phosphoric acid groups is 1. The van der Waals surface area contributed by atoms with Crippen LogP contribution >= 0.6 is 15.6 Å². The molecule has 2 fully saturated rings. The molecule has 37 nitrogen and oxygen atoms in total. The summed E-state index contributed by atoms with van der Waals surface area (Å²) in [6, 6.07) is 5.88. The third-order valence-corrected chi connectivity index (χ3v) is 15.4. The van der Waals surface area contributed by atoms with Gasteiger partial charge in [-0.25, -0.2) is 51.3 Å². The summed E-state index contributed by atoms with van der Waals surface area (Å²) in [6.45, 7) is 12.2. The molecule has 10 atom stereocenters. The number of hydrogen-bond donors (Lipinski definition) is 4. The van der Waals surface area contributed by atoms with Gasteiger partial charge in [0.25, 0.3) is 5.56 Å². The van der Waals surface area contributed by atoms with Gasteiger partial charge in [-0.15, -0.1) is 0 Å². The number of hydrogen-bond acceptors (Lipinski definition) is 29. The van der Waals surface area contributed by atoms with Gasteiger partial charge in [0, 0.05) is 28.5 Å². The zero-order chi connectivity index (χ0) is 69.0. The molecule has 2 saturated heterocycles. The van der Waals surface area contributed by atoms with E-state index in [0.29, 0.717) is 10.1 Å². The van der Waals surface area contributed by atoms with Crippen molar-refractivity contribution >= 4 is 51.0 Å². The zero-order valence-electron chi connectivity index (χ0n) is 52.2. The molecule has 4 N–H and O–H groups in total. The number of aliphatic hydroxyl groups excluding tert-OH is 2. The fourth-order valence-corrected chi connectivity index (χ4v) is 11.0. The lowest BCUT2D eigenvalue weighted by Crippen LogP contribution is -2.49. The van der Waals surface area contributed by atoms with Crippen LogP contribution in [-0.4, -0.2) is 176 Å². The molecule has 41 heteroatoms. The third kappa shape index (κ3) is 21.3. The van der Waals surface area contributed by atoms with Crippen LogP contribution in [-0.2, 0) is 81.1 Å². The number of alkyl halides is 2. The van der Waals surface area contributed by atoms with Crippen molar-refractivity contribution < 1.29 is 113 Å². The number of rotatable bonds is 32. The van der Waals surface area contributed by atoms with E-state index in [9.17, 15) is 48.1 Å². The second-order valence-electron chi connectivity index (χ2n) is 21.2. The van der Waals surface area contributed by atoms with Crippen LogP contribution in [0.1, 0.15) is 99.5 Å². The Bertz CT molecular complexity index is 3500. The number of azide groups is 2. The van der Waals surface area contributed by atoms with Gasteiger partial charge in [-0.1, -0.05) is 28.4 Å². The lowest BCUT2D eigenvalue weighted by molar-refractivity contribution is -0.149. The Morgan fingerprint density at radius 2 is 1.31 bits per heavy atom. The first-order valence-corrected chi connectivity index (χ1v) is 31.4. The van der Waals surface area contributed by atoms with E-state index in [1.807, 2.05) is 4.98 Å². The maximum Gasteiger partial charge on any atom is 0.510 e. The molecule has 2 unspecified atom stereocenters. The molecular formula is C52H73F2N13O24P2. The van der Waals surface area contributed by atoms with Crippen LogP contribution < -0.4 is 25.6 Å². The Morgan fingerprint density at radius 3 is 1.84 bits per heavy atom. The molecule has 0 saturated carbocycles. The van der Waals surface area contributed by atoms with E-state index in [1.54, 1.807) is 87.4 Å². The summed E-state index contributed by atoms with van der Waals surface area (Å²) < 4.78 is 134. The van der Waals surface area contributed by atoms with Crippen LogP contribution in [0.15, 0.2) is 62.7 Å². The molecule has 0 radical (unpaired) electrons. The zero-order valence-corrected chi connectivity index (χ0v) is 54.0. The van der Waals surface area contributed by atoms with Crippen molar-refractivity contribution in [1.29, 1.82) is 0 Å². The second kappa shape index (κ2) is 34.3. The molecule has 93 heavy (non-hydrogen) atoms. The molecule has 2 aliphatic heterocycles. The first-order valence-electron chi connectivity index (χ1n) is 28.4. The lowest BCUT2D eigenvalue weighted by Gasteiger charge is -2.32. The van der Waals surface area contributed by atoms with Crippen molar-refractivity contribution in [3.05, 3.63) is 96.0 Å². The summed E-state index contributed by atoms with van der Waals surface area (Å²) in [6.07, 6.45) is -14.3. The topological polar surface area (TPSA) is 480 Å². The smallest absolute Gasteiger partial charge is 0.476 e. The molecule has 4 aromatic rings. The first-order chi connectivity index (χ1) is 43.8. The maximum atomic E-state index is 15.8. The van der Waals surface area contributed by atoms with Crippen LogP contribution in [0.3, 0.4) is 0 Å². The molecule has 2 aliphatic rings. The summed E-state index contributed by atoms with van der Waals surface area (Å²) in [7, 11) is -9.59. The normalized spacial score (nSPS) is 22.0. The van der Waals surface area contributed by atoms with Gasteiger partial charge in [-0.3, -0.25) is 37.5 Å². The highest BCUT2D eigenvalue weighted by Gasteiger charge is 2.59. The van der Waals surface area contributed by atoms with Crippen LogP contribution in [0.5, 0.6) is 11.6 Å². The molecule has 1 aromatic carbocycles. The average molecular weight is 1360 g/mol. The summed E-state index contributed by atoms with van der Waals surface area (Å²) >= 11 is 0. The minimum atomic E-state index is -4.88. The summed E-state index contributed by atoms with van der Waals surface area (Å²) in [5.74, 6) is -0.913. The predicted molar refractivity (Wildman–Crippen MR) is 313 cm³/mol. The average Bonchev–Trinajstić information content (AvgIpc) is 1.62. The van der Waals surface area contributed by atoms with Crippen molar-refractivity contribution in [1.82, 2.24) is 34.2 Å². The van der Waals surface area contributed by atoms with Crippen molar-refractivity contribution in [2.45, 2.75) is 168 Å². The Morgan fingerprint density at radius 1 is 0.774 bits per heavy atom. The monoisotopic (exact) mass is 1360 g/mol. The number of aromatic amines is 1. The minimum absolute atomic E-state index is 0.0110. The van der Waals surface area contributed by atoms with Gasteiger partial charge in [0.05, 0.1) is 63.7 Å². The molecule has 0 bridgehead atoms. The number of benzene rings is 1. The molecule has 0 aliphatic carbocycles. The van der Waals surface area contributed by atoms with Crippen molar-refractivity contribution in [3.8, 4) is 11.6 Å². The Kier molecular flexibility index (Phi) is 28.0. The Hall–Kier alpha value is -7.89. The van der Waals surface area contributed by atoms with Crippen molar-refractivity contribution in [2.24, 2.45) is 10.2 Å². The highest BCUT2D eigenvalue weighted by Crippen LogP contribution is 2.53. The highest BCUT2D eigenvalue weighted by atomic mass is 31.2. The molecule has 3 aromatic heterocycles. The molecule has 6 rings (SSSR count). The molecule has 0 amide bonds. The number of nitrogens with one attached hydrogen (secondary N) is 2. The largest absolute Gasteiger partial charge is 0.510 e. The molecule has 0 spiro atoms. The van der Waals surface area contributed by atoms with Gasteiger partial charge in [0.2, 0.25) is 19.5 Å². The number of esters is 2. The number of aromatic nitrogens is 6. The molecule has 514 valence electrons. The number of para-hydroxylation sites is 1. The van der Waals surface area contributed by atoms with E-state index in [2.05, 4.69) is 49.6 Å². The van der Waals surface area contributed by atoms with Crippen LogP contribution in [0.2, 0.25) is 0 Å². The lowest BCUT2D eigenvalue weighted by atomic mass is 9.97. The first kappa shape index (κ1) is 75.8. The van der Waals surface area contributed by atoms with Gasteiger partial charge >= 0.3 is 45.5 Å². The Balaban J connectivity index is 0.000000337. The van der Waals surface area contributed by atoms with Gasteiger partial charge < -0.3 is 57.4 Å². The van der Waals surface area contributed by atoms with Crippen molar-refractivity contribution in [3.63, 3.8) is 0 Å². The molecular weight excluding hydrogens is 1290 g/mol. The predicted octanol–water partition coefficient (Wildman–Crippen LogP) is 6.84. The Labute approximate surface area is 528 Å². The summed E-state index contributed by atoms with van der Waals surface area (Å²) in [4.78, 5) is 92.1. The number of imidazole rings is 1. The van der Waals surface area contributed by atoms with Gasteiger partial charge in [-0.05, 0) is 105 Å². The standard InChI is InChI=1S/C28H38FN6O11P.C24H35FN7O13P/c1-16(2)43-22(37)11-10-19-8-6-7-9-20(19)46-47(41,33-18(5)26(39)44-17(3)4)42-15-28(14-31-34-30)24(38)23(29)25(45-28)35-13-12-21(36)32-27(35)40;1-7-37-20-17-19(29-15(6)30-20)32(10-27-17)21-16(25)18(33)24(45-21,8-28-31-26)9-40-46(36,41-11-38-22(34)43-13(2)3)42-12-39-23(35)44-14(4)5/h6-9,12-13,16-18,23-25,38H,10-11,14-15H2,1-5H3,(H,33,41)(H,32,36,40);10,13-14,16,18,21,33H,7-9,11-12H2,1-6H3/t18?,23-,24+,25-,28-,47?;16-,18+,21-,24-/m11/s1. The van der Waals surface area contributed by atoms with Crippen LogP contribution in [0.25, 0.3) is 32.0 Å². The number of carbonyl (C=O) groups excluding carboxylic acids is 4. The summed E-state index contributed by atoms with van der Waals surface area (Å²) in [5, 5.41) is 31.3. The number of ether oxygens (including phenoxy) is 9. The number of phosphoric ester groups is 1. The fourth-order valence-electron chi connectivity index (χ4n) is 8.43. The van der Waals surface area contributed by atoms with E-state index in [0.717, 1.165) is 12.3 Å². The van der Waals surface area contributed by atoms with E-state index < -0.39 is 164 Å². The maximum absolute atomic E-state index is 15.8. The minimum Gasteiger partial charge on any atom is -0.476 e. The van der Waals surface area contributed by atoms with Crippen molar-refractivity contribution in [2.75, 3.05) is 46.5 Å². The third-order valence-electron chi connectivity index (χ3n) is 12.5. The number of H-pyrrole nitrogens is 1. The number of aliphatic hydroxyl groups is 2.